The number of aromatic nitrogens is 2. The van der Waals surface area contributed by atoms with Gasteiger partial charge in [0, 0.05) is 38.6 Å². The summed E-state index contributed by atoms with van der Waals surface area (Å²) in [6.07, 6.45) is 5.89. The predicted molar refractivity (Wildman–Crippen MR) is 141 cm³/mol. The van der Waals surface area contributed by atoms with Crippen LogP contribution in [0.15, 0.2) is 35.5 Å². The van der Waals surface area contributed by atoms with Crippen molar-refractivity contribution < 1.29 is 27.9 Å². The van der Waals surface area contributed by atoms with Gasteiger partial charge in [0.25, 0.3) is 0 Å². The van der Waals surface area contributed by atoms with Crippen molar-refractivity contribution in [1.82, 2.24) is 19.6 Å². The van der Waals surface area contributed by atoms with Crippen LogP contribution in [0.5, 0.6) is 0 Å². The second-order valence-electron chi connectivity index (χ2n) is 9.91. The van der Waals surface area contributed by atoms with Gasteiger partial charge in [-0.2, -0.15) is 4.72 Å². The minimum atomic E-state index is -4.11. The van der Waals surface area contributed by atoms with Crippen LogP contribution in [-0.2, 0) is 30.8 Å². The van der Waals surface area contributed by atoms with Crippen LogP contribution < -0.4 is 15.4 Å². The molecule has 0 aliphatic carbocycles. The Bertz CT molecular complexity index is 1200. The monoisotopic (exact) mass is 548 g/mol. The zero-order valence-corrected chi connectivity index (χ0v) is 22.3. The highest BCUT2D eigenvalue weighted by atomic mass is 32.2. The first-order valence-electron chi connectivity index (χ1n) is 13.0. The maximum Gasteiger partial charge on any atom is 0.323 e. The van der Waals surface area contributed by atoms with E-state index in [4.69, 9.17) is 4.74 Å². The molecule has 1 saturated heterocycles. The largest absolute Gasteiger partial charge is 0.480 e. The smallest absolute Gasteiger partial charge is 0.323 e. The van der Waals surface area contributed by atoms with Gasteiger partial charge in [-0.15, -0.1) is 0 Å². The molecule has 208 valence electrons. The van der Waals surface area contributed by atoms with Crippen LogP contribution in [0.4, 0.5) is 11.6 Å². The van der Waals surface area contributed by atoms with Gasteiger partial charge in [-0.25, -0.2) is 13.4 Å². The Morgan fingerprint density at radius 2 is 2.18 bits per heavy atom. The fraction of sp³-hybridized carbons (Fsp3) is 0.560. The quantitative estimate of drug-likeness (QED) is 0.234. The van der Waals surface area contributed by atoms with Gasteiger partial charge in [0.2, 0.25) is 15.9 Å². The molecule has 2 unspecified atom stereocenters. The number of amides is 1. The number of hydrogen-bond donors (Lipinski definition) is 5. The van der Waals surface area contributed by atoms with Crippen LogP contribution in [0, 0.1) is 5.92 Å². The Hall–Kier alpha value is -3.16. The lowest BCUT2D eigenvalue weighted by atomic mass is 9.96. The number of fused-ring (bicyclic) bond motifs is 1. The number of carboxylic acid groups (broad SMARTS) is 1. The van der Waals surface area contributed by atoms with Gasteiger partial charge in [0.1, 0.15) is 17.5 Å². The van der Waals surface area contributed by atoms with Crippen molar-refractivity contribution in [2.45, 2.75) is 56.1 Å². The summed E-state index contributed by atoms with van der Waals surface area (Å²) >= 11 is 0. The van der Waals surface area contributed by atoms with Crippen molar-refractivity contribution in [2.24, 2.45) is 5.92 Å². The summed E-state index contributed by atoms with van der Waals surface area (Å²) in [6.45, 7) is 3.28. The first-order valence-corrected chi connectivity index (χ1v) is 14.4. The van der Waals surface area contributed by atoms with Crippen molar-refractivity contribution in [2.75, 3.05) is 43.4 Å². The molecule has 3 atom stereocenters. The lowest BCUT2D eigenvalue weighted by Gasteiger charge is -2.29. The second-order valence-corrected chi connectivity index (χ2v) is 11.6. The first-order chi connectivity index (χ1) is 18.2. The summed E-state index contributed by atoms with van der Waals surface area (Å²) < 4.78 is 35.5. The number of hydrogen-bond acceptors (Lipinski definition) is 8. The van der Waals surface area contributed by atoms with Gasteiger partial charge >= 0.3 is 5.97 Å². The molecule has 0 radical (unpaired) electrons. The molecule has 1 amide bonds. The minimum Gasteiger partial charge on any atom is -0.480 e. The van der Waals surface area contributed by atoms with E-state index in [0.717, 1.165) is 18.4 Å². The normalized spacial score (nSPS) is 19.8. The molecule has 13 heteroatoms. The van der Waals surface area contributed by atoms with E-state index in [9.17, 15) is 23.1 Å². The van der Waals surface area contributed by atoms with Gasteiger partial charge in [-0.1, -0.05) is 19.1 Å². The molecule has 12 nitrogen and oxygen atoms in total. The van der Waals surface area contributed by atoms with Gasteiger partial charge in [0.05, 0.1) is 11.8 Å². The van der Waals surface area contributed by atoms with E-state index < -0.39 is 34.5 Å². The van der Waals surface area contributed by atoms with E-state index >= 15 is 0 Å². The number of aromatic amines is 1. The van der Waals surface area contributed by atoms with E-state index in [1.807, 2.05) is 6.07 Å². The zero-order valence-electron chi connectivity index (χ0n) is 21.5. The fourth-order valence-corrected chi connectivity index (χ4v) is 6.35. The Morgan fingerprint density at radius 1 is 1.34 bits per heavy atom. The standard InChI is InChI=1S/C25H36N6O6S/c1-17-13-18-5-2-8-21(23(18)29-14-17)38(35,36)30-20(7-3-9-26-25-27-10-11-28-25)24(34)31(16-22(32)33)15-19-6-4-12-37-19/h2,5,8,10-11,17,19-20,29-30H,3-4,6-7,9,12-16H2,1H3,(H,32,33)(H2,26,27,28)/t17?,19?,20-/m0/s1. The zero-order chi connectivity index (χ0) is 27.1. The number of H-pyrrole nitrogens is 1. The molecule has 3 heterocycles. The fourth-order valence-electron chi connectivity index (χ4n) is 4.90. The van der Waals surface area contributed by atoms with Gasteiger partial charge < -0.3 is 30.4 Å². The molecule has 5 N–H and O–H groups in total. The first kappa shape index (κ1) is 27.9. The average Bonchev–Trinajstić information content (AvgIpc) is 3.59. The number of carbonyl (C=O) groups is 2. The number of ether oxygens (including phenoxy) is 1. The van der Waals surface area contributed by atoms with E-state index in [2.05, 4.69) is 32.2 Å². The van der Waals surface area contributed by atoms with Crippen molar-refractivity contribution in [3.05, 3.63) is 36.2 Å². The second kappa shape index (κ2) is 12.6. The van der Waals surface area contributed by atoms with Gasteiger partial charge in [-0.05, 0) is 49.7 Å². The van der Waals surface area contributed by atoms with E-state index in [1.54, 1.807) is 18.5 Å². The van der Waals surface area contributed by atoms with E-state index in [1.165, 1.54) is 11.0 Å². The topological polar surface area (TPSA) is 166 Å². The summed E-state index contributed by atoms with van der Waals surface area (Å²) in [7, 11) is -4.11. The molecule has 0 bridgehead atoms. The van der Waals surface area contributed by atoms with Crippen molar-refractivity contribution >= 4 is 33.5 Å². The maximum atomic E-state index is 13.7. The Morgan fingerprint density at radius 3 is 2.89 bits per heavy atom. The molecule has 38 heavy (non-hydrogen) atoms. The highest BCUT2D eigenvalue weighted by Crippen LogP contribution is 2.31. The van der Waals surface area contributed by atoms with Crippen molar-refractivity contribution in [3.63, 3.8) is 0 Å². The summed E-state index contributed by atoms with van der Waals surface area (Å²) in [5.41, 5.74) is 1.45. The molecule has 0 saturated carbocycles. The molecule has 4 rings (SSSR count). The number of carbonyl (C=O) groups excluding carboxylic acids is 1. The Balaban J connectivity index is 1.54. The predicted octanol–water partition coefficient (Wildman–Crippen LogP) is 1.65. The van der Waals surface area contributed by atoms with Crippen LogP contribution >= 0.6 is 0 Å². The van der Waals surface area contributed by atoms with E-state index in [0.29, 0.717) is 50.1 Å². The van der Waals surface area contributed by atoms with Crippen LogP contribution in [0.25, 0.3) is 0 Å². The molecular weight excluding hydrogens is 512 g/mol. The number of benzene rings is 1. The number of carboxylic acids is 1. The van der Waals surface area contributed by atoms with Crippen molar-refractivity contribution in [1.29, 1.82) is 0 Å². The average molecular weight is 549 g/mol. The Labute approximate surface area is 222 Å². The highest BCUT2D eigenvalue weighted by molar-refractivity contribution is 7.89. The number of sulfonamides is 1. The lowest BCUT2D eigenvalue weighted by Crippen LogP contribution is -2.51. The summed E-state index contributed by atoms with van der Waals surface area (Å²) in [5, 5.41) is 15.8. The van der Waals surface area contributed by atoms with Crippen LogP contribution in [0.2, 0.25) is 0 Å². The minimum absolute atomic E-state index is 0.0809. The van der Waals surface area contributed by atoms with E-state index in [-0.39, 0.29) is 24.0 Å². The molecule has 2 aromatic rings. The molecule has 1 fully saturated rings. The number of anilines is 2. The van der Waals surface area contributed by atoms with Crippen LogP contribution in [-0.4, -0.2) is 85.2 Å². The third-order valence-electron chi connectivity index (χ3n) is 6.74. The molecule has 1 aromatic heterocycles. The number of nitrogens with zero attached hydrogens (tertiary/aromatic N) is 2. The third kappa shape index (κ3) is 7.23. The summed E-state index contributed by atoms with van der Waals surface area (Å²) in [5.74, 6) is -0.828. The number of imidazole rings is 1. The summed E-state index contributed by atoms with van der Waals surface area (Å²) in [6, 6.07) is 3.96. The SMILES string of the molecule is CC1CNc2c(cccc2S(=O)(=O)N[C@@H](CCCNc2ncc[nH]2)C(=O)N(CC(=O)O)CC2CCCO2)C1. The molecule has 2 aliphatic rings. The lowest BCUT2D eigenvalue weighted by molar-refractivity contribution is -0.146. The van der Waals surface area contributed by atoms with Gasteiger partial charge in [-0.3, -0.25) is 9.59 Å². The molecular formula is C25H36N6O6S. The number of nitrogens with one attached hydrogen (secondary N) is 4. The van der Waals surface area contributed by atoms with Crippen LogP contribution in [0.3, 0.4) is 0 Å². The van der Waals surface area contributed by atoms with Gasteiger partial charge in [0.15, 0.2) is 5.95 Å². The summed E-state index contributed by atoms with van der Waals surface area (Å²) in [4.78, 5) is 33.5. The molecule has 2 aliphatic heterocycles. The highest BCUT2D eigenvalue weighted by Gasteiger charge is 2.33. The molecule has 1 aromatic carbocycles. The number of aliphatic carboxylic acids is 1. The third-order valence-corrected chi connectivity index (χ3v) is 8.25. The number of rotatable bonds is 13. The Kier molecular flexibility index (Phi) is 9.23. The molecule has 0 spiro atoms. The number of para-hydroxylation sites is 1. The van der Waals surface area contributed by atoms with Crippen LogP contribution in [0.1, 0.15) is 38.2 Å². The maximum absolute atomic E-state index is 13.7. The van der Waals surface area contributed by atoms with Crippen molar-refractivity contribution in [3.8, 4) is 0 Å².